The Morgan fingerprint density at radius 1 is 1.10 bits per heavy atom. The molecule has 2 aliphatic rings. The van der Waals surface area contributed by atoms with Crippen LogP contribution in [0.5, 0.6) is 0 Å². The van der Waals surface area contributed by atoms with E-state index in [4.69, 9.17) is 0 Å². The number of H-pyrrole nitrogens is 1. The van der Waals surface area contributed by atoms with Crippen LogP contribution in [-0.4, -0.2) is 51.3 Å². The van der Waals surface area contributed by atoms with Crippen molar-refractivity contribution in [2.45, 2.75) is 70.9 Å². The second-order valence-corrected chi connectivity index (χ2v) is 8.47. The van der Waals surface area contributed by atoms with Gasteiger partial charge in [0.25, 0.3) is 0 Å². The van der Waals surface area contributed by atoms with Gasteiger partial charge >= 0.3 is 6.03 Å². The van der Waals surface area contributed by atoms with Crippen molar-refractivity contribution in [2.24, 2.45) is 0 Å². The highest BCUT2D eigenvalue weighted by Crippen LogP contribution is 2.26. The first kappa shape index (κ1) is 19.9. The molecule has 0 bridgehead atoms. The molecule has 0 atom stereocenters. The highest BCUT2D eigenvalue weighted by atomic mass is 16.2. The van der Waals surface area contributed by atoms with Gasteiger partial charge in [0.1, 0.15) is 5.82 Å². The number of piperidine rings is 1. The fraction of sp³-hybridized carbons (Fsp3) is 0.591. The molecule has 2 amide bonds. The number of rotatable bonds is 4. The molecule has 3 N–H and O–H groups in total. The number of aryl methyl sites for hydroxylation is 2. The zero-order valence-electron chi connectivity index (χ0n) is 17.5. The maximum atomic E-state index is 12.6. The summed E-state index contributed by atoms with van der Waals surface area (Å²) in [4.78, 5) is 19.6. The number of hydrogen-bond donors (Lipinski definition) is 3. The van der Waals surface area contributed by atoms with E-state index in [9.17, 15) is 4.79 Å². The second kappa shape index (κ2) is 8.95. The molecule has 2 heterocycles. The van der Waals surface area contributed by atoms with Crippen LogP contribution < -0.4 is 10.6 Å². The molecule has 0 unspecified atom stereocenters. The highest BCUT2D eigenvalue weighted by Gasteiger charge is 2.26. The van der Waals surface area contributed by atoms with Gasteiger partial charge in [-0.15, -0.1) is 0 Å². The van der Waals surface area contributed by atoms with Gasteiger partial charge in [0.2, 0.25) is 0 Å². The van der Waals surface area contributed by atoms with Crippen molar-refractivity contribution in [2.75, 3.05) is 18.4 Å². The number of nitrogens with one attached hydrogen (secondary N) is 3. The van der Waals surface area contributed by atoms with Gasteiger partial charge in [0.05, 0.1) is 0 Å². The largest absolute Gasteiger partial charge is 0.335 e. The van der Waals surface area contributed by atoms with E-state index in [0.29, 0.717) is 5.82 Å². The summed E-state index contributed by atoms with van der Waals surface area (Å²) in [6, 6.07) is 6.77. The summed E-state index contributed by atoms with van der Waals surface area (Å²) in [6.45, 7) is 6.05. The third-order valence-electron chi connectivity index (χ3n) is 6.30. The minimum absolute atomic E-state index is 0.132. The number of likely N-dealkylation sites (tertiary alicyclic amines) is 1. The molecule has 0 spiro atoms. The molecular formula is C22H32N6O. The summed E-state index contributed by atoms with van der Waals surface area (Å²) < 4.78 is 0. The van der Waals surface area contributed by atoms with Gasteiger partial charge in [-0.1, -0.05) is 31.4 Å². The number of benzene rings is 1. The van der Waals surface area contributed by atoms with E-state index in [2.05, 4.69) is 30.7 Å². The van der Waals surface area contributed by atoms with Crippen molar-refractivity contribution in [3.05, 3.63) is 29.6 Å². The van der Waals surface area contributed by atoms with Crippen molar-refractivity contribution in [3.8, 4) is 11.4 Å². The summed E-state index contributed by atoms with van der Waals surface area (Å²) in [5.74, 6) is 1.41. The van der Waals surface area contributed by atoms with Crippen molar-refractivity contribution < 1.29 is 4.79 Å². The second-order valence-electron chi connectivity index (χ2n) is 8.47. The standard InChI is InChI=1S/C22H32N6O/c1-15-8-9-17(21-23-16(2)26-27-21)14-20(15)25-22(29)24-18-10-12-28(13-11-18)19-6-4-3-5-7-19/h8-9,14,18-19H,3-7,10-13H2,1-2H3,(H,23,26,27)(H2,24,25,29). The van der Waals surface area contributed by atoms with Crippen LogP contribution in [0.2, 0.25) is 0 Å². The molecule has 0 radical (unpaired) electrons. The monoisotopic (exact) mass is 396 g/mol. The number of urea groups is 1. The normalized spacial score (nSPS) is 19.2. The van der Waals surface area contributed by atoms with E-state index < -0.39 is 0 Å². The topological polar surface area (TPSA) is 85.9 Å². The van der Waals surface area contributed by atoms with Gasteiger partial charge < -0.3 is 15.5 Å². The number of carbonyl (C=O) groups excluding carboxylic acids is 1. The number of nitrogens with zero attached hydrogens (tertiary/aromatic N) is 3. The first-order valence-electron chi connectivity index (χ1n) is 10.9. The SMILES string of the molecule is Cc1nc(-c2ccc(C)c(NC(=O)NC3CCN(C4CCCCC4)CC3)c2)n[nH]1. The summed E-state index contributed by atoms with van der Waals surface area (Å²) in [6.07, 6.45) is 8.88. The summed E-state index contributed by atoms with van der Waals surface area (Å²) in [7, 11) is 0. The minimum Gasteiger partial charge on any atom is -0.335 e. The predicted octanol–water partition coefficient (Wildman–Crippen LogP) is 4.01. The smallest absolute Gasteiger partial charge is 0.319 e. The Bertz CT molecular complexity index is 834. The van der Waals surface area contributed by atoms with Gasteiger partial charge in [-0.3, -0.25) is 5.10 Å². The molecule has 1 aliphatic heterocycles. The van der Waals surface area contributed by atoms with Crippen LogP contribution >= 0.6 is 0 Å². The van der Waals surface area contributed by atoms with Gasteiger partial charge in [0, 0.05) is 36.4 Å². The summed E-state index contributed by atoms with van der Waals surface area (Å²) >= 11 is 0. The molecule has 7 heteroatoms. The van der Waals surface area contributed by atoms with Gasteiger partial charge in [-0.05, 0) is 51.2 Å². The number of hydrogen-bond acceptors (Lipinski definition) is 4. The summed E-state index contributed by atoms with van der Waals surface area (Å²) in [5, 5.41) is 13.3. The Balaban J connectivity index is 1.31. The maximum Gasteiger partial charge on any atom is 0.319 e. The lowest BCUT2D eigenvalue weighted by atomic mass is 9.92. The van der Waals surface area contributed by atoms with Crippen molar-refractivity contribution in [1.29, 1.82) is 0 Å². The first-order valence-corrected chi connectivity index (χ1v) is 10.9. The maximum absolute atomic E-state index is 12.6. The number of amides is 2. The fourth-order valence-corrected chi connectivity index (χ4v) is 4.57. The van der Waals surface area contributed by atoms with E-state index in [1.165, 1.54) is 32.1 Å². The molecule has 1 aromatic carbocycles. The van der Waals surface area contributed by atoms with Crippen LogP contribution in [0.25, 0.3) is 11.4 Å². The van der Waals surface area contributed by atoms with Crippen molar-refractivity contribution >= 4 is 11.7 Å². The van der Waals surface area contributed by atoms with Gasteiger partial charge in [0.15, 0.2) is 5.82 Å². The first-order chi connectivity index (χ1) is 14.1. The van der Waals surface area contributed by atoms with Crippen LogP contribution in [0.1, 0.15) is 56.3 Å². The average Bonchev–Trinajstić information content (AvgIpc) is 3.17. The summed E-state index contributed by atoms with van der Waals surface area (Å²) in [5.41, 5.74) is 2.70. The Morgan fingerprint density at radius 2 is 1.86 bits per heavy atom. The molecule has 29 heavy (non-hydrogen) atoms. The fourth-order valence-electron chi connectivity index (χ4n) is 4.57. The minimum atomic E-state index is -0.132. The van der Waals surface area contributed by atoms with Crippen molar-refractivity contribution in [3.63, 3.8) is 0 Å². The number of anilines is 1. The molecular weight excluding hydrogens is 364 g/mol. The van der Waals surface area contributed by atoms with E-state index in [-0.39, 0.29) is 12.1 Å². The Labute approximate surface area is 172 Å². The Morgan fingerprint density at radius 3 is 2.55 bits per heavy atom. The van der Waals surface area contributed by atoms with E-state index in [0.717, 1.165) is 54.6 Å². The van der Waals surface area contributed by atoms with Crippen LogP contribution in [0.4, 0.5) is 10.5 Å². The lowest BCUT2D eigenvalue weighted by Crippen LogP contribution is -2.49. The number of aromatic nitrogens is 3. The molecule has 1 saturated carbocycles. The third kappa shape index (κ3) is 4.96. The molecule has 156 valence electrons. The predicted molar refractivity (Wildman–Crippen MR) is 115 cm³/mol. The van der Waals surface area contributed by atoms with Crippen LogP contribution in [0, 0.1) is 13.8 Å². The zero-order chi connectivity index (χ0) is 20.2. The van der Waals surface area contributed by atoms with E-state index in [1.807, 2.05) is 32.0 Å². The zero-order valence-corrected chi connectivity index (χ0v) is 17.5. The molecule has 1 aromatic heterocycles. The third-order valence-corrected chi connectivity index (χ3v) is 6.30. The number of carbonyl (C=O) groups is 1. The molecule has 7 nitrogen and oxygen atoms in total. The van der Waals surface area contributed by atoms with Crippen LogP contribution in [-0.2, 0) is 0 Å². The average molecular weight is 397 g/mol. The molecule has 2 aromatic rings. The van der Waals surface area contributed by atoms with E-state index >= 15 is 0 Å². The van der Waals surface area contributed by atoms with Crippen LogP contribution in [0.15, 0.2) is 18.2 Å². The lowest BCUT2D eigenvalue weighted by Gasteiger charge is -2.39. The lowest BCUT2D eigenvalue weighted by molar-refractivity contribution is 0.117. The molecule has 4 rings (SSSR count). The van der Waals surface area contributed by atoms with E-state index in [1.54, 1.807) is 0 Å². The number of aromatic amines is 1. The molecule has 1 aliphatic carbocycles. The van der Waals surface area contributed by atoms with Crippen molar-refractivity contribution in [1.82, 2.24) is 25.4 Å². The Kier molecular flexibility index (Phi) is 6.13. The Hall–Kier alpha value is -2.41. The quantitative estimate of drug-likeness (QED) is 0.729. The molecule has 1 saturated heterocycles. The highest BCUT2D eigenvalue weighted by molar-refractivity contribution is 5.91. The van der Waals surface area contributed by atoms with Gasteiger partial charge in [-0.2, -0.15) is 5.10 Å². The molecule has 2 fully saturated rings. The van der Waals surface area contributed by atoms with Gasteiger partial charge in [-0.25, -0.2) is 9.78 Å². The van der Waals surface area contributed by atoms with Crippen LogP contribution in [0.3, 0.4) is 0 Å².